The number of aryl methyl sites for hydroxylation is 1. The van der Waals surface area contributed by atoms with Crippen LogP contribution in [-0.2, 0) is 17.8 Å². The second-order valence-electron chi connectivity index (χ2n) is 5.18. The molecule has 0 aliphatic heterocycles. The van der Waals surface area contributed by atoms with Gasteiger partial charge in [-0.1, -0.05) is 32.0 Å². The summed E-state index contributed by atoms with van der Waals surface area (Å²) in [5.41, 5.74) is 3.61. The van der Waals surface area contributed by atoms with Gasteiger partial charge < -0.3 is 10.1 Å². The lowest BCUT2D eigenvalue weighted by Crippen LogP contribution is -2.37. The Hall–Kier alpha value is -1.81. The fourth-order valence-electron chi connectivity index (χ4n) is 2.75. The van der Waals surface area contributed by atoms with Gasteiger partial charge in [0, 0.05) is 23.6 Å². The van der Waals surface area contributed by atoms with Gasteiger partial charge in [0.1, 0.15) is 6.04 Å². The number of likely N-dealkylation sites (N-methyl/N-ethyl adjacent to an activating group) is 1. The van der Waals surface area contributed by atoms with Crippen LogP contribution in [0.4, 0.5) is 0 Å². The molecule has 2 rings (SSSR count). The molecule has 0 radical (unpaired) electrons. The molecule has 20 heavy (non-hydrogen) atoms. The molecule has 0 aliphatic carbocycles. The molecule has 0 spiro atoms. The quantitative estimate of drug-likeness (QED) is 0.851. The first kappa shape index (κ1) is 14.6. The molecule has 4 nitrogen and oxygen atoms in total. The van der Waals surface area contributed by atoms with Crippen LogP contribution in [0.5, 0.6) is 0 Å². The fraction of sp³-hybridized carbons (Fsp3) is 0.438. The molecule has 0 aliphatic rings. The summed E-state index contributed by atoms with van der Waals surface area (Å²) in [5.74, 6) is -0.760. The van der Waals surface area contributed by atoms with Crippen LogP contribution in [0.1, 0.15) is 31.4 Å². The zero-order chi connectivity index (χ0) is 14.7. The smallest absolute Gasteiger partial charge is 0.320 e. The van der Waals surface area contributed by atoms with Gasteiger partial charge in [-0.05, 0) is 31.0 Å². The van der Waals surface area contributed by atoms with E-state index in [0.717, 1.165) is 12.0 Å². The van der Waals surface area contributed by atoms with Crippen LogP contribution in [0.25, 0.3) is 10.9 Å². The van der Waals surface area contributed by atoms with Gasteiger partial charge >= 0.3 is 5.97 Å². The molecule has 1 unspecified atom stereocenters. The number of para-hydroxylation sites is 1. The van der Waals surface area contributed by atoms with Crippen LogP contribution in [0.2, 0.25) is 0 Å². The minimum Gasteiger partial charge on any atom is -0.480 e. The standard InChI is InChI=1S/C16H22N2O2/c1-4-11-7-6-8-13-12(9-17-15(11)13)10-18(3)14(5-2)16(19)20/h6-9,14,17H,4-5,10H2,1-3H3,(H,19,20). The summed E-state index contributed by atoms with van der Waals surface area (Å²) >= 11 is 0. The van der Waals surface area contributed by atoms with Crippen molar-refractivity contribution in [2.45, 2.75) is 39.3 Å². The Morgan fingerprint density at radius 1 is 1.35 bits per heavy atom. The molecule has 0 amide bonds. The lowest BCUT2D eigenvalue weighted by molar-refractivity contribution is -0.143. The van der Waals surface area contributed by atoms with Gasteiger partial charge in [0.25, 0.3) is 0 Å². The number of carboxylic acid groups (broad SMARTS) is 1. The highest BCUT2D eigenvalue weighted by Crippen LogP contribution is 2.23. The van der Waals surface area contributed by atoms with Crippen LogP contribution in [-0.4, -0.2) is 34.0 Å². The second kappa shape index (κ2) is 6.09. The fourth-order valence-corrected chi connectivity index (χ4v) is 2.75. The lowest BCUT2D eigenvalue weighted by Gasteiger charge is -2.23. The van der Waals surface area contributed by atoms with Crippen LogP contribution < -0.4 is 0 Å². The number of rotatable bonds is 6. The summed E-state index contributed by atoms with van der Waals surface area (Å²) < 4.78 is 0. The first-order valence-electron chi connectivity index (χ1n) is 7.09. The first-order chi connectivity index (χ1) is 9.58. The van der Waals surface area contributed by atoms with Gasteiger partial charge in [0.15, 0.2) is 0 Å². The molecular weight excluding hydrogens is 252 g/mol. The van der Waals surface area contributed by atoms with Gasteiger partial charge in [0.2, 0.25) is 0 Å². The van der Waals surface area contributed by atoms with Gasteiger partial charge in [-0.3, -0.25) is 9.69 Å². The highest BCUT2D eigenvalue weighted by atomic mass is 16.4. The van der Waals surface area contributed by atoms with E-state index in [0.29, 0.717) is 13.0 Å². The normalized spacial score (nSPS) is 13.0. The average Bonchev–Trinajstić information content (AvgIpc) is 2.82. The Morgan fingerprint density at radius 2 is 2.10 bits per heavy atom. The van der Waals surface area contributed by atoms with Crippen molar-refractivity contribution < 1.29 is 9.90 Å². The molecule has 0 saturated heterocycles. The van der Waals surface area contributed by atoms with Crippen molar-refractivity contribution in [2.24, 2.45) is 0 Å². The summed E-state index contributed by atoms with van der Waals surface area (Å²) in [6, 6.07) is 5.84. The monoisotopic (exact) mass is 274 g/mol. The third-order valence-electron chi connectivity index (χ3n) is 3.89. The number of nitrogens with zero attached hydrogens (tertiary/aromatic N) is 1. The van der Waals surface area contributed by atoms with Crippen molar-refractivity contribution in [3.05, 3.63) is 35.5 Å². The Morgan fingerprint density at radius 3 is 2.70 bits per heavy atom. The van der Waals surface area contributed by atoms with Crippen molar-refractivity contribution in [1.29, 1.82) is 0 Å². The van der Waals surface area contributed by atoms with Crippen LogP contribution in [0.3, 0.4) is 0 Å². The third kappa shape index (κ3) is 2.70. The molecule has 1 aromatic heterocycles. The van der Waals surface area contributed by atoms with Crippen molar-refractivity contribution in [2.75, 3.05) is 7.05 Å². The zero-order valence-corrected chi connectivity index (χ0v) is 12.3. The number of aromatic amines is 1. The van der Waals surface area contributed by atoms with E-state index in [1.165, 1.54) is 16.5 Å². The summed E-state index contributed by atoms with van der Waals surface area (Å²) in [6.07, 6.45) is 3.59. The van der Waals surface area contributed by atoms with Gasteiger partial charge in [-0.2, -0.15) is 0 Å². The minimum absolute atomic E-state index is 0.436. The largest absolute Gasteiger partial charge is 0.480 e. The second-order valence-corrected chi connectivity index (χ2v) is 5.18. The molecule has 108 valence electrons. The number of H-pyrrole nitrogens is 1. The minimum atomic E-state index is -0.760. The van der Waals surface area contributed by atoms with Gasteiger partial charge in [0.05, 0.1) is 0 Å². The number of nitrogens with one attached hydrogen (secondary N) is 1. The maximum Gasteiger partial charge on any atom is 0.320 e. The highest BCUT2D eigenvalue weighted by molar-refractivity contribution is 5.86. The molecule has 0 bridgehead atoms. The summed E-state index contributed by atoms with van der Waals surface area (Å²) in [7, 11) is 1.87. The van der Waals surface area contributed by atoms with Crippen molar-refractivity contribution in [3.8, 4) is 0 Å². The van der Waals surface area contributed by atoms with Crippen LogP contribution >= 0.6 is 0 Å². The maximum atomic E-state index is 11.2. The maximum absolute atomic E-state index is 11.2. The molecule has 1 atom stereocenters. The first-order valence-corrected chi connectivity index (χ1v) is 7.09. The molecule has 1 aromatic carbocycles. The third-order valence-corrected chi connectivity index (χ3v) is 3.89. The number of fused-ring (bicyclic) bond motifs is 1. The average molecular weight is 274 g/mol. The molecule has 0 fully saturated rings. The molecule has 4 heteroatoms. The van der Waals surface area contributed by atoms with Crippen LogP contribution in [0.15, 0.2) is 24.4 Å². The summed E-state index contributed by atoms with van der Waals surface area (Å²) in [4.78, 5) is 16.4. The van der Waals surface area contributed by atoms with E-state index >= 15 is 0 Å². The molecule has 2 N–H and O–H groups in total. The lowest BCUT2D eigenvalue weighted by atomic mass is 10.1. The van der Waals surface area contributed by atoms with E-state index in [-0.39, 0.29) is 0 Å². The SMILES string of the molecule is CCc1cccc2c(CN(C)C(CC)C(=O)O)c[nH]c12. The van der Waals surface area contributed by atoms with Gasteiger partial charge in [-0.25, -0.2) is 0 Å². The van der Waals surface area contributed by atoms with E-state index in [1.807, 2.05) is 25.1 Å². The van der Waals surface area contributed by atoms with E-state index in [4.69, 9.17) is 0 Å². The topological polar surface area (TPSA) is 56.3 Å². The Kier molecular flexibility index (Phi) is 4.45. The summed E-state index contributed by atoms with van der Waals surface area (Å²) in [6.45, 7) is 4.68. The number of hydrogen-bond donors (Lipinski definition) is 2. The number of carbonyl (C=O) groups is 1. The molecule has 2 aromatic rings. The van der Waals surface area contributed by atoms with Crippen molar-refractivity contribution in [1.82, 2.24) is 9.88 Å². The Labute approximate surface area is 119 Å². The number of aliphatic carboxylic acids is 1. The Balaban J connectivity index is 2.28. The molecule has 1 heterocycles. The van der Waals surface area contributed by atoms with E-state index < -0.39 is 12.0 Å². The summed E-state index contributed by atoms with van der Waals surface area (Å²) in [5, 5.41) is 10.4. The predicted molar refractivity (Wildman–Crippen MR) is 80.9 cm³/mol. The number of benzene rings is 1. The van der Waals surface area contributed by atoms with Crippen molar-refractivity contribution in [3.63, 3.8) is 0 Å². The van der Waals surface area contributed by atoms with Crippen molar-refractivity contribution >= 4 is 16.9 Å². The van der Waals surface area contributed by atoms with Gasteiger partial charge in [-0.15, -0.1) is 0 Å². The number of hydrogen-bond acceptors (Lipinski definition) is 2. The molecule has 0 saturated carbocycles. The van der Waals surface area contributed by atoms with E-state index in [2.05, 4.69) is 30.1 Å². The molecular formula is C16H22N2O2. The van der Waals surface area contributed by atoms with Crippen LogP contribution in [0, 0.1) is 0 Å². The highest BCUT2D eigenvalue weighted by Gasteiger charge is 2.21. The number of aromatic nitrogens is 1. The van der Waals surface area contributed by atoms with E-state index in [1.54, 1.807) is 0 Å². The Bertz CT molecular complexity index is 604. The predicted octanol–water partition coefficient (Wildman–Crippen LogP) is 3.03. The number of carboxylic acids is 1. The van der Waals surface area contributed by atoms with E-state index in [9.17, 15) is 9.90 Å². The zero-order valence-electron chi connectivity index (χ0n) is 12.3.